The second-order valence-corrected chi connectivity index (χ2v) is 14.1. The molecule has 0 aromatic heterocycles. The van der Waals surface area contributed by atoms with Crippen molar-refractivity contribution in [1.29, 1.82) is 0 Å². The van der Waals surface area contributed by atoms with E-state index in [9.17, 15) is 27.6 Å². The molecule has 260 valence electrons. The van der Waals surface area contributed by atoms with Gasteiger partial charge < -0.3 is 31.1 Å². The molecule has 48 heavy (non-hydrogen) atoms. The Labute approximate surface area is 284 Å². The molecule has 3 fully saturated rings. The SMILES string of the molecule is Nc1c(Cl)cc(C[C@@H](CC(=O)N2CCC(N3CCc4ccccc4NC3=O)CC2)C(=O)N2CCC(NCC3CC3)CC2)cc1C(F)(F)F. The molecule has 0 bridgehead atoms. The van der Waals surface area contributed by atoms with Gasteiger partial charge in [0.15, 0.2) is 0 Å². The molecular formula is C35H44ClF3N6O3. The number of benzene rings is 2. The van der Waals surface area contributed by atoms with E-state index in [-0.39, 0.29) is 47.3 Å². The third kappa shape index (κ3) is 8.19. The van der Waals surface area contributed by atoms with Crippen LogP contribution in [0.1, 0.15) is 61.6 Å². The summed E-state index contributed by atoms with van der Waals surface area (Å²) in [7, 11) is 0. The molecule has 9 nitrogen and oxygen atoms in total. The van der Waals surface area contributed by atoms with E-state index in [0.717, 1.165) is 49.0 Å². The summed E-state index contributed by atoms with van der Waals surface area (Å²) in [6, 6.07) is 10.2. The number of anilines is 2. The molecule has 4 amide bonds. The number of urea groups is 1. The lowest BCUT2D eigenvalue weighted by Gasteiger charge is -2.39. The largest absolute Gasteiger partial charge is 0.418 e. The number of nitrogen functional groups attached to an aromatic ring is 1. The molecule has 4 aliphatic rings. The van der Waals surface area contributed by atoms with Crippen LogP contribution < -0.4 is 16.4 Å². The standard InChI is InChI=1S/C35H44ClF3N6O3/c36-29-19-23(18-28(32(29)40)35(37,38)39)17-25(33(47)44-12-8-26(9-13-44)41-21-22-5-6-22)20-31(46)43-14-10-27(11-15-43)45-16-7-24-3-1-2-4-30(24)42-34(45)48/h1-4,18-19,22,25-27,41H,5-17,20-21,40H2,(H,42,48)/t25-/m0/s1. The molecule has 1 atom stereocenters. The number of nitrogens with two attached hydrogens (primary N) is 1. The van der Waals surface area contributed by atoms with Crippen LogP contribution in [0.25, 0.3) is 0 Å². The summed E-state index contributed by atoms with van der Waals surface area (Å²) >= 11 is 6.13. The van der Waals surface area contributed by atoms with Crippen LogP contribution >= 0.6 is 11.6 Å². The zero-order valence-corrected chi connectivity index (χ0v) is 27.8. The number of nitrogens with zero attached hydrogens (tertiary/aromatic N) is 3. The molecule has 3 heterocycles. The first-order valence-electron chi connectivity index (χ1n) is 17.1. The Balaban J connectivity index is 1.11. The lowest BCUT2D eigenvalue weighted by molar-refractivity contribution is -0.142. The fourth-order valence-electron chi connectivity index (χ4n) is 7.28. The van der Waals surface area contributed by atoms with Crippen LogP contribution in [-0.4, -0.2) is 83.9 Å². The number of halogens is 4. The molecular weight excluding hydrogens is 645 g/mol. The van der Waals surface area contributed by atoms with Crippen LogP contribution in [0.5, 0.6) is 0 Å². The molecule has 0 radical (unpaired) electrons. The quantitative estimate of drug-likeness (QED) is 0.299. The third-order valence-corrected chi connectivity index (χ3v) is 10.7. The van der Waals surface area contributed by atoms with Crippen molar-refractivity contribution in [2.45, 2.75) is 76.0 Å². The van der Waals surface area contributed by atoms with Crippen LogP contribution in [-0.2, 0) is 28.6 Å². The van der Waals surface area contributed by atoms with Gasteiger partial charge in [-0.1, -0.05) is 29.8 Å². The van der Waals surface area contributed by atoms with Gasteiger partial charge in [-0.15, -0.1) is 0 Å². The van der Waals surface area contributed by atoms with Gasteiger partial charge in [-0.3, -0.25) is 9.59 Å². The number of carbonyl (C=O) groups is 3. The first-order chi connectivity index (χ1) is 23.0. The molecule has 0 spiro atoms. The summed E-state index contributed by atoms with van der Waals surface area (Å²) < 4.78 is 41.3. The van der Waals surface area contributed by atoms with E-state index in [0.29, 0.717) is 51.6 Å². The van der Waals surface area contributed by atoms with E-state index in [1.54, 1.807) is 9.80 Å². The van der Waals surface area contributed by atoms with E-state index in [1.807, 2.05) is 29.2 Å². The van der Waals surface area contributed by atoms with Crippen molar-refractivity contribution in [3.05, 3.63) is 58.1 Å². The van der Waals surface area contributed by atoms with Gasteiger partial charge in [-0.2, -0.15) is 13.2 Å². The van der Waals surface area contributed by atoms with Gasteiger partial charge in [0.1, 0.15) is 0 Å². The predicted molar refractivity (Wildman–Crippen MR) is 178 cm³/mol. The van der Waals surface area contributed by atoms with Crippen molar-refractivity contribution < 1.29 is 27.6 Å². The van der Waals surface area contributed by atoms with Crippen LogP contribution in [0.15, 0.2) is 36.4 Å². The molecule has 2 saturated heterocycles. The van der Waals surface area contributed by atoms with E-state index in [2.05, 4.69) is 10.6 Å². The van der Waals surface area contributed by atoms with Gasteiger partial charge in [-0.25, -0.2) is 4.79 Å². The topological polar surface area (TPSA) is 111 Å². The van der Waals surface area contributed by atoms with Crippen molar-refractivity contribution in [2.75, 3.05) is 50.3 Å². The van der Waals surface area contributed by atoms with Crippen LogP contribution in [0.3, 0.4) is 0 Å². The van der Waals surface area contributed by atoms with E-state index < -0.39 is 23.3 Å². The lowest BCUT2D eigenvalue weighted by atomic mass is 9.91. The number of amides is 4. The Bertz CT molecular complexity index is 1500. The van der Waals surface area contributed by atoms with E-state index in [4.69, 9.17) is 17.3 Å². The van der Waals surface area contributed by atoms with E-state index in [1.165, 1.54) is 18.9 Å². The number of alkyl halides is 3. The van der Waals surface area contributed by atoms with Crippen LogP contribution in [0, 0.1) is 11.8 Å². The lowest BCUT2D eigenvalue weighted by Crippen LogP contribution is -2.51. The molecule has 2 aromatic carbocycles. The number of hydrogen-bond acceptors (Lipinski definition) is 5. The molecule has 1 aliphatic carbocycles. The highest BCUT2D eigenvalue weighted by atomic mass is 35.5. The number of carbonyl (C=O) groups excluding carboxylic acids is 3. The maximum absolute atomic E-state index is 14.0. The highest BCUT2D eigenvalue weighted by molar-refractivity contribution is 6.33. The minimum atomic E-state index is -4.72. The zero-order chi connectivity index (χ0) is 34.0. The van der Waals surface area contributed by atoms with Crippen molar-refractivity contribution in [3.63, 3.8) is 0 Å². The van der Waals surface area contributed by atoms with Crippen molar-refractivity contribution in [2.24, 2.45) is 11.8 Å². The first-order valence-corrected chi connectivity index (χ1v) is 17.4. The number of rotatable bonds is 9. The van der Waals surface area contributed by atoms with Gasteiger partial charge in [0.25, 0.3) is 0 Å². The minimum Gasteiger partial charge on any atom is -0.397 e. The number of nitrogens with one attached hydrogen (secondary N) is 2. The van der Waals surface area contributed by atoms with Crippen LogP contribution in [0.2, 0.25) is 5.02 Å². The predicted octanol–water partition coefficient (Wildman–Crippen LogP) is 5.56. The molecule has 6 rings (SSSR count). The Hall–Kier alpha value is -3.51. The van der Waals surface area contributed by atoms with Gasteiger partial charge in [0, 0.05) is 56.9 Å². The highest BCUT2D eigenvalue weighted by Gasteiger charge is 2.37. The number of para-hydroxylation sites is 1. The Morgan fingerprint density at radius 2 is 1.67 bits per heavy atom. The maximum Gasteiger partial charge on any atom is 0.418 e. The summed E-state index contributed by atoms with van der Waals surface area (Å²) in [5.74, 6) is -0.571. The molecule has 3 aliphatic heterocycles. The van der Waals surface area contributed by atoms with Crippen molar-refractivity contribution >= 4 is 40.8 Å². The smallest absolute Gasteiger partial charge is 0.397 e. The Morgan fingerprint density at radius 3 is 2.35 bits per heavy atom. The number of fused-ring (bicyclic) bond motifs is 1. The second-order valence-electron chi connectivity index (χ2n) is 13.7. The van der Waals surface area contributed by atoms with Gasteiger partial charge in [-0.05, 0) is 93.2 Å². The summed E-state index contributed by atoms with van der Waals surface area (Å²) in [6.07, 6.45) is 1.08. The van der Waals surface area contributed by atoms with Gasteiger partial charge in [0.05, 0.1) is 22.2 Å². The molecule has 2 aromatic rings. The molecule has 1 saturated carbocycles. The first kappa shape index (κ1) is 34.4. The third-order valence-electron chi connectivity index (χ3n) is 10.3. The highest BCUT2D eigenvalue weighted by Crippen LogP contribution is 2.38. The molecule has 4 N–H and O–H groups in total. The number of piperidine rings is 2. The fraction of sp³-hybridized carbons (Fsp3) is 0.571. The second kappa shape index (κ2) is 14.5. The monoisotopic (exact) mass is 688 g/mol. The molecule has 13 heteroatoms. The zero-order valence-electron chi connectivity index (χ0n) is 27.0. The minimum absolute atomic E-state index is 0.0340. The van der Waals surface area contributed by atoms with Crippen LogP contribution in [0.4, 0.5) is 29.3 Å². The molecule has 0 unspecified atom stereocenters. The number of hydrogen-bond donors (Lipinski definition) is 3. The summed E-state index contributed by atoms with van der Waals surface area (Å²) in [5.41, 5.74) is 6.17. The fourth-order valence-corrected chi connectivity index (χ4v) is 7.52. The maximum atomic E-state index is 14.0. The number of likely N-dealkylation sites (tertiary alicyclic amines) is 2. The van der Waals surface area contributed by atoms with Crippen molar-refractivity contribution in [3.8, 4) is 0 Å². The van der Waals surface area contributed by atoms with Gasteiger partial charge >= 0.3 is 12.2 Å². The van der Waals surface area contributed by atoms with E-state index >= 15 is 0 Å². The average molecular weight is 689 g/mol. The average Bonchev–Trinajstić information content (AvgIpc) is 3.91. The van der Waals surface area contributed by atoms with Crippen molar-refractivity contribution in [1.82, 2.24) is 20.0 Å². The Morgan fingerprint density at radius 1 is 0.979 bits per heavy atom. The van der Waals surface area contributed by atoms with Gasteiger partial charge in [0.2, 0.25) is 11.8 Å². The summed E-state index contributed by atoms with van der Waals surface area (Å²) in [5, 5.41) is 6.37. The summed E-state index contributed by atoms with van der Waals surface area (Å²) in [4.78, 5) is 46.0. The normalized spacial score (nSPS) is 20.2. The Kier molecular flexibility index (Phi) is 10.4. The summed E-state index contributed by atoms with van der Waals surface area (Å²) in [6.45, 7) is 3.46.